The van der Waals surface area contributed by atoms with Gasteiger partial charge in [0.05, 0.1) is 19.1 Å². The van der Waals surface area contributed by atoms with E-state index in [1.165, 1.54) is 0 Å². The SMILES string of the molecule is Cc1cccc(C)c1NC(=O)CN(C)CC(=O)N[C@H](c1ccccc1)c1ccc(Cl)cc1. The molecule has 3 aromatic carbocycles. The maximum absolute atomic E-state index is 12.8. The zero-order valence-electron chi connectivity index (χ0n) is 18.6. The molecule has 0 aliphatic heterocycles. The number of carbonyl (C=O) groups excluding carboxylic acids is 2. The topological polar surface area (TPSA) is 61.4 Å². The highest BCUT2D eigenvalue weighted by molar-refractivity contribution is 6.30. The number of anilines is 1. The van der Waals surface area contributed by atoms with E-state index in [9.17, 15) is 9.59 Å². The second-order valence-corrected chi connectivity index (χ2v) is 8.39. The molecule has 2 N–H and O–H groups in total. The molecule has 0 bridgehead atoms. The second-order valence-electron chi connectivity index (χ2n) is 7.95. The summed E-state index contributed by atoms with van der Waals surface area (Å²) >= 11 is 6.03. The maximum Gasteiger partial charge on any atom is 0.238 e. The van der Waals surface area contributed by atoms with Gasteiger partial charge in [0.25, 0.3) is 0 Å². The number of aryl methyl sites for hydroxylation is 2. The molecule has 0 radical (unpaired) electrons. The van der Waals surface area contributed by atoms with Gasteiger partial charge in [-0.2, -0.15) is 0 Å². The number of hydrogen-bond acceptors (Lipinski definition) is 3. The second kappa shape index (κ2) is 10.9. The molecule has 32 heavy (non-hydrogen) atoms. The minimum absolute atomic E-state index is 0.0943. The molecule has 0 aliphatic carbocycles. The number of likely N-dealkylation sites (N-methyl/N-ethyl adjacent to an activating group) is 1. The molecule has 0 fully saturated rings. The molecule has 3 aromatic rings. The fourth-order valence-corrected chi connectivity index (χ4v) is 3.73. The lowest BCUT2D eigenvalue weighted by Crippen LogP contribution is -2.40. The molecule has 2 amide bonds. The van der Waals surface area contributed by atoms with Crippen molar-refractivity contribution in [1.29, 1.82) is 0 Å². The number of nitrogens with one attached hydrogen (secondary N) is 2. The van der Waals surface area contributed by atoms with Crippen molar-refractivity contribution in [1.82, 2.24) is 10.2 Å². The highest BCUT2D eigenvalue weighted by Gasteiger charge is 2.19. The van der Waals surface area contributed by atoms with Crippen LogP contribution in [0.25, 0.3) is 0 Å². The van der Waals surface area contributed by atoms with Crippen molar-refractivity contribution in [3.8, 4) is 0 Å². The minimum atomic E-state index is -0.308. The molecule has 0 aromatic heterocycles. The van der Waals surface area contributed by atoms with Crippen LogP contribution in [0.15, 0.2) is 72.8 Å². The van der Waals surface area contributed by atoms with Gasteiger partial charge in [0.15, 0.2) is 0 Å². The Balaban J connectivity index is 1.63. The smallest absolute Gasteiger partial charge is 0.238 e. The van der Waals surface area contributed by atoms with Gasteiger partial charge < -0.3 is 10.6 Å². The fraction of sp³-hybridized carbons (Fsp3) is 0.231. The Labute approximate surface area is 194 Å². The lowest BCUT2D eigenvalue weighted by atomic mass is 9.98. The van der Waals surface area contributed by atoms with E-state index in [2.05, 4.69) is 10.6 Å². The van der Waals surface area contributed by atoms with Crippen LogP contribution in [-0.4, -0.2) is 36.9 Å². The van der Waals surface area contributed by atoms with Gasteiger partial charge >= 0.3 is 0 Å². The van der Waals surface area contributed by atoms with Gasteiger partial charge in [0, 0.05) is 10.7 Å². The maximum atomic E-state index is 12.8. The van der Waals surface area contributed by atoms with Crippen molar-refractivity contribution >= 4 is 29.1 Å². The number of hydrogen-bond donors (Lipinski definition) is 2. The first kappa shape index (κ1) is 23.5. The molecule has 0 unspecified atom stereocenters. The van der Waals surface area contributed by atoms with Crippen molar-refractivity contribution in [3.05, 3.63) is 100 Å². The number of para-hydroxylation sites is 1. The Hall–Kier alpha value is -3.15. The largest absolute Gasteiger partial charge is 0.344 e. The molecule has 0 spiro atoms. The van der Waals surface area contributed by atoms with E-state index in [4.69, 9.17) is 11.6 Å². The van der Waals surface area contributed by atoms with Gasteiger partial charge in [0.2, 0.25) is 11.8 Å². The number of benzene rings is 3. The van der Waals surface area contributed by atoms with Crippen LogP contribution in [0.3, 0.4) is 0 Å². The van der Waals surface area contributed by atoms with Crippen LogP contribution in [0.5, 0.6) is 0 Å². The van der Waals surface area contributed by atoms with Crippen molar-refractivity contribution < 1.29 is 9.59 Å². The molecule has 0 heterocycles. The third-order valence-corrected chi connectivity index (χ3v) is 5.47. The predicted octanol–water partition coefficient (Wildman–Crippen LogP) is 4.73. The lowest BCUT2D eigenvalue weighted by Gasteiger charge is -2.22. The summed E-state index contributed by atoms with van der Waals surface area (Å²) in [5, 5.41) is 6.68. The summed E-state index contributed by atoms with van der Waals surface area (Å²) in [6, 6.07) is 22.8. The Morgan fingerprint density at radius 2 is 1.38 bits per heavy atom. The van der Waals surface area contributed by atoms with Crippen molar-refractivity contribution in [3.63, 3.8) is 0 Å². The lowest BCUT2D eigenvalue weighted by molar-refractivity contribution is -0.123. The highest BCUT2D eigenvalue weighted by Crippen LogP contribution is 2.23. The van der Waals surface area contributed by atoms with E-state index < -0.39 is 0 Å². The number of nitrogens with zero attached hydrogens (tertiary/aromatic N) is 1. The fourth-order valence-electron chi connectivity index (χ4n) is 3.60. The number of carbonyl (C=O) groups is 2. The summed E-state index contributed by atoms with van der Waals surface area (Å²) in [4.78, 5) is 27.0. The summed E-state index contributed by atoms with van der Waals surface area (Å²) in [6.07, 6.45) is 0. The van der Waals surface area contributed by atoms with Crippen LogP contribution >= 0.6 is 11.6 Å². The summed E-state index contributed by atoms with van der Waals surface area (Å²) in [6.45, 7) is 4.12. The van der Waals surface area contributed by atoms with E-state index in [0.29, 0.717) is 5.02 Å². The van der Waals surface area contributed by atoms with Gasteiger partial charge in [-0.05, 0) is 55.3 Å². The summed E-state index contributed by atoms with van der Waals surface area (Å²) in [7, 11) is 1.75. The van der Waals surface area contributed by atoms with E-state index in [-0.39, 0.29) is 30.9 Å². The molecule has 0 saturated carbocycles. The Bertz CT molecular complexity index is 1050. The molecule has 6 heteroatoms. The minimum Gasteiger partial charge on any atom is -0.344 e. The molecular weight excluding hydrogens is 422 g/mol. The van der Waals surface area contributed by atoms with E-state index in [1.54, 1.807) is 11.9 Å². The first-order valence-corrected chi connectivity index (χ1v) is 10.9. The van der Waals surface area contributed by atoms with Crippen LogP contribution in [0, 0.1) is 13.8 Å². The van der Waals surface area contributed by atoms with Crippen LogP contribution in [-0.2, 0) is 9.59 Å². The molecule has 3 rings (SSSR count). The third kappa shape index (κ3) is 6.42. The van der Waals surface area contributed by atoms with Crippen molar-refractivity contribution in [2.24, 2.45) is 0 Å². The normalized spacial score (nSPS) is 11.8. The molecule has 166 valence electrons. The van der Waals surface area contributed by atoms with Crippen molar-refractivity contribution in [2.75, 3.05) is 25.5 Å². The van der Waals surface area contributed by atoms with Gasteiger partial charge in [-0.3, -0.25) is 14.5 Å². The summed E-state index contributed by atoms with van der Waals surface area (Å²) < 4.78 is 0. The molecule has 5 nitrogen and oxygen atoms in total. The van der Waals surface area contributed by atoms with Crippen LogP contribution in [0.2, 0.25) is 5.02 Å². The quantitative estimate of drug-likeness (QED) is 0.522. The first-order valence-electron chi connectivity index (χ1n) is 10.5. The average molecular weight is 450 g/mol. The van der Waals surface area contributed by atoms with E-state index in [0.717, 1.165) is 27.9 Å². The number of rotatable bonds is 8. The molecular formula is C26H28ClN3O2. The number of halogens is 1. The van der Waals surface area contributed by atoms with E-state index >= 15 is 0 Å². The Morgan fingerprint density at radius 1 is 0.812 bits per heavy atom. The molecule has 1 atom stereocenters. The zero-order chi connectivity index (χ0) is 23.1. The van der Waals surface area contributed by atoms with Gasteiger partial charge in [-0.15, -0.1) is 0 Å². The summed E-state index contributed by atoms with van der Waals surface area (Å²) in [5.41, 5.74) is 4.74. The van der Waals surface area contributed by atoms with E-state index in [1.807, 2.05) is 86.6 Å². The average Bonchev–Trinajstić information content (AvgIpc) is 2.76. The van der Waals surface area contributed by atoms with Gasteiger partial charge in [0.1, 0.15) is 0 Å². The standard InChI is InChI=1S/C26H28ClN3O2/c1-18-8-7-9-19(2)25(18)28-23(31)16-30(3)17-24(32)29-26(20-10-5-4-6-11-20)21-12-14-22(27)15-13-21/h4-15,26H,16-17H2,1-3H3,(H,28,31)(H,29,32)/t26-/m1/s1. The molecule has 0 aliphatic rings. The third-order valence-electron chi connectivity index (χ3n) is 5.21. The first-order chi connectivity index (χ1) is 15.3. The number of amides is 2. The predicted molar refractivity (Wildman–Crippen MR) is 130 cm³/mol. The zero-order valence-corrected chi connectivity index (χ0v) is 19.3. The van der Waals surface area contributed by atoms with Gasteiger partial charge in [-0.25, -0.2) is 0 Å². The molecule has 0 saturated heterocycles. The van der Waals surface area contributed by atoms with Crippen LogP contribution in [0.1, 0.15) is 28.3 Å². The van der Waals surface area contributed by atoms with Crippen molar-refractivity contribution in [2.45, 2.75) is 19.9 Å². The Kier molecular flexibility index (Phi) is 8.03. The summed E-state index contributed by atoms with van der Waals surface area (Å²) in [5.74, 6) is -0.328. The monoisotopic (exact) mass is 449 g/mol. The highest BCUT2D eigenvalue weighted by atomic mass is 35.5. The van der Waals surface area contributed by atoms with Crippen LogP contribution < -0.4 is 10.6 Å². The van der Waals surface area contributed by atoms with Crippen LogP contribution in [0.4, 0.5) is 5.69 Å². The Morgan fingerprint density at radius 3 is 2.00 bits per heavy atom. The van der Waals surface area contributed by atoms with Gasteiger partial charge in [-0.1, -0.05) is 72.3 Å².